The molecule has 4 rings (SSSR count). The quantitative estimate of drug-likeness (QED) is 0.431. The van der Waals surface area contributed by atoms with Crippen LogP contribution < -0.4 is 4.74 Å². The summed E-state index contributed by atoms with van der Waals surface area (Å²) in [6.45, 7) is 1.38. The fraction of sp³-hybridized carbons (Fsp3) is 0.292. The molecule has 2 aliphatic rings. The second-order valence-corrected chi connectivity index (χ2v) is 10.1. The third-order valence-corrected chi connectivity index (χ3v) is 7.24. The molecule has 0 aliphatic carbocycles. The number of thioether (sulfide) groups is 1. The lowest BCUT2D eigenvalue weighted by Gasteiger charge is -2.27. The summed E-state index contributed by atoms with van der Waals surface area (Å²) in [6, 6.07) is 12.8. The van der Waals surface area contributed by atoms with Crippen LogP contribution >= 0.6 is 39.3 Å². The molecule has 9 heteroatoms. The van der Waals surface area contributed by atoms with Crippen molar-refractivity contribution in [3.63, 3.8) is 0 Å². The molecule has 0 atom stereocenters. The highest BCUT2D eigenvalue weighted by Gasteiger charge is 2.37. The summed E-state index contributed by atoms with van der Waals surface area (Å²) >= 11 is 10.5. The molecule has 0 N–H and O–H groups in total. The Bertz CT molecular complexity index is 1120. The topological polar surface area (TPSA) is 66.9 Å². The van der Waals surface area contributed by atoms with Crippen molar-refractivity contribution in [1.82, 2.24) is 9.80 Å². The molecular weight excluding hydrogens is 528 g/mol. The van der Waals surface area contributed by atoms with Gasteiger partial charge in [0.1, 0.15) is 18.9 Å². The molecule has 2 saturated heterocycles. The smallest absolute Gasteiger partial charge is 0.294 e. The van der Waals surface area contributed by atoms with E-state index in [0.29, 0.717) is 29.4 Å². The van der Waals surface area contributed by atoms with Crippen molar-refractivity contribution in [3.05, 3.63) is 68.0 Å². The molecule has 6 nitrogen and oxygen atoms in total. The first-order valence-corrected chi connectivity index (χ1v) is 12.6. The van der Waals surface area contributed by atoms with Gasteiger partial charge in [-0.25, -0.2) is 0 Å². The van der Waals surface area contributed by atoms with Crippen LogP contribution in [0.25, 0.3) is 6.08 Å². The van der Waals surface area contributed by atoms with Gasteiger partial charge in [-0.1, -0.05) is 45.7 Å². The Kier molecular flexibility index (Phi) is 7.78. The van der Waals surface area contributed by atoms with Gasteiger partial charge < -0.3 is 9.64 Å². The summed E-state index contributed by atoms with van der Waals surface area (Å²) in [5.74, 6) is -0.105. The lowest BCUT2D eigenvalue weighted by Crippen LogP contribution is -2.44. The molecule has 2 fully saturated rings. The van der Waals surface area contributed by atoms with E-state index in [1.807, 2.05) is 30.3 Å². The zero-order valence-electron chi connectivity index (χ0n) is 17.8. The van der Waals surface area contributed by atoms with Crippen LogP contribution in [0.5, 0.6) is 5.75 Å². The van der Waals surface area contributed by atoms with Crippen LogP contribution in [0.2, 0.25) is 5.02 Å². The van der Waals surface area contributed by atoms with Crippen molar-refractivity contribution in [2.75, 3.05) is 19.6 Å². The number of hydrogen-bond acceptors (Lipinski definition) is 5. The van der Waals surface area contributed by atoms with Gasteiger partial charge in [-0.2, -0.15) is 0 Å². The number of carbonyl (C=O) groups excluding carboxylic acids is 3. The van der Waals surface area contributed by atoms with Gasteiger partial charge in [0.15, 0.2) is 0 Å². The number of nitrogens with zero attached hydrogens (tertiary/aromatic N) is 2. The van der Waals surface area contributed by atoms with E-state index in [1.54, 1.807) is 23.1 Å². The fourth-order valence-corrected chi connectivity index (χ4v) is 5.09. The Morgan fingerprint density at radius 1 is 1.12 bits per heavy atom. The van der Waals surface area contributed by atoms with Crippen LogP contribution in [0.1, 0.15) is 30.4 Å². The highest BCUT2D eigenvalue weighted by atomic mass is 79.9. The van der Waals surface area contributed by atoms with Gasteiger partial charge in [0.05, 0.1) is 4.91 Å². The fourth-order valence-electron chi connectivity index (χ4n) is 3.69. The number of rotatable bonds is 6. The number of amides is 3. The largest absolute Gasteiger partial charge is 0.488 e. The SMILES string of the molecule is O=C(CN1C(=O)S/C(=C\c2cc(Br)ccc2OCc2ccccc2Cl)C1=O)N1CCCCC1. The monoisotopic (exact) mass is 548 g/mol. The van der Waals surface area contributed by atoms with Crippen LogP contribution in [-0.4, -0.2) is 46.5 Å². The standard InChI is InChI=1S/C24H22BrClN2O4S/c25-18-8-9-20(32-15-16-6-2-3-7-19(16)26)17(12-18)13-21-23(30)28(24(31)33-21)14-22(29)27-10-4-1-5-11-27/h2-3,6-9,12-13H,1,4-5,10-11,14-15H2/b21-13-. The van der Waals surface area contributed by atoms with Crippen molar-refractivity contribution < 1.29 is 19.1 Å². The molecule has 2 heterocycles. The van der Waals surface area contributed by atoms with Gasteiger partial charge in [-0.3, -0.25) is 19.3 Å². The van der Waals surface area contributed by atoms with Crippen molar-refractivity contribution >= 4 is 62.4 Å². The zero-order valence-corrected chi connectivity index (χ0v) is 20.9. The first-order valence-electron chi connectivity index (χ1n) is 10.6. The number of carbonyl (C=O) groups is 3. The van der Waals surface area contributed by atoms with E-state index >= 15 is 0 Å². The maximum Gasteiger partial charge on any atom is 0.294 e. The molecule has 0 radical (unpaired) electrons. The summed E-state index contributed by atoms with van der Waals surface area (Å²) in [4.78, 5) is 41.0. The van der Waals surface area contributed by atoms with E-state index in [9.17, 15) is 14.4 Å². The minimum absolute atomic E-state index is 0.190. The highest BCUT2D eigenvalue weighted by Crippen LogP contribution is 2.35. The van der Waals surface area contributed by atoms with Crippen LogP contribution in [0.15, 0.2) is 51.8 Å². The Labute approximate surface area is 210 Å². The molecule has 2 aromatic carbocycles. The molecule has 0 aromatic heterocycles. The second-order valence-electron chi connectivity index (χ2n) is 7.77. The second kappa shape index (κ2) is 10.8. The summed E-state index contributed by atoms with van der Waals surface area (Å²) in [5, 5.41) is 0.167. The lowest BCUT2D eigenvalue weighted by atomic mass is 10.1. The average Bonchev–Trinajstić information content (AvgIpc) is 3.07. The number of likely N-dealkylation sites (tertiary alicyclic amines) is 1. The van der Waals surface area contributed by atoms with E-state index in [0.717, 1.165) is 46.0 Å². The van der Waals surface area contributed by atoms with Crippen LogP contribution in [0, 0.1) is 0 Å². The van der Waals surface area contributed by atoms with Gasteiger partial charge in [0.2, 0.25) is 5.91 Å². The van der Waals surface area contributed by atoms with Crippen LogP contribution in [0.4, 0.5) is 4.79 Å². The Morgan fingerprint density at radius 3 is 2.64 bits per heavy atom. The average molecular weight is 550 g/mol. The number of imide groups is 1. The molecule has 2 aromatic rings. The van der Waals surface area contributed by atoms with Crippen molar-refractivity contribution in [2.24, 2.45) is 0 Å². The van der Waals surface area contributed by atoms with E-state index < -0.39 is 11.1 Å². The minimum atomic E-state index is -0.465. The number of halogens is 2. The first kappa shape index (κ1) is 23.9. The zero-order chi connectivity index (χ0) is 23.4. The van der Waals surface area contributed by atoms with Crippen molar-refractivity contribution in [2.45, 2.75) is 25.9 Å². The number of ether oxygens (including phenoxy) is 1. The summed E-state index contributed by atoms with van der Waals surface area (Å²) in [5.41, 5.74) is 1.48. The summed E-state index contributed by atoms with van der Waals surface area (Å²) in [7, 11) is 0. The molecule has 2 aliphatic heterocycles. The van der Waals surface area contributed by atoms with E-state index in [-0.39, 0.29) is 24.0 Å². The molecule has 33 heavy (non-hydrogen) atoms. The molecule has 0 unspecified atom stereocenters. The summed E-state index contributed by atoms with van der Waals surface area (Å²) in [6.07, 6.45) is 4.63. The maximum absolute atomic E-state index is 12.9. The summed E-state index contributed by atoms with van der Waals surface area (Å²) < 4.78 is 6.78. The Balaban J connectivity index is 1.50. The number of piperidine rings is 1. The molecule has 0 bridgehead atoms. The van der Waals surface area contributed by atoms with E-state index in [1.165, 1.54) is 0 Å². The van der Waals surface area contributed by atoms with Gasteiger partial charge in [-0.05, 0) is 61.4 Å². The molecule has 0 saturated carbocycles. The highest BCUT2D eigenvalue weighted by molar-refractivity contribution is 9.10. The van der Waals surface area contributed by atoms with Gasteiger partial charge in [-0.15, -0.1) is 0 Å². The van der Waals surface area contributed by atoms with Crippen molar-refractivity contribution in [3.8, 4) is 5.75 Å². The molecule has 172 valence electrons. The van der Waals surface area contributed by atoms with E-state index in [4.69, 9.17) is 16.3 Å². The minimum Gasteiger partial charge on any atom is -0.488 e. The predicted octanol–water partition coefficient (Wildman–Crippen LogP) is 5.73. The first-order chi connectivity index (χ1) is 15.9. The third-order valence-electron chi connectivity index (χ3n) is 5.48. The number of benzene rings is 2. The third kappa shape index (κ3) is 5.80. The molecular formula is C24H22BrClN2O4S. The molecule has 3 amide bonds. The van der Waals surface area contributed by atoms with Gasteiger partial charge >= 0.3 is 0 Å². The van der Waals surface area contributed by atoms with Crippen LogP contribution in [0.3, 0.4) is 0 Å². The normalized spacial score (nSPS) is 17.7. The van der Waals surface area contributed by atoms with Gasteiger partial charge in [0.25, 0.3) is 11.1 Å². The Hall–Kier alpha value is -2.29. The predicted molar refractivity (Wildman–Crippen MR) is 133 cm³/mol. The van der Waals surface area contributed by atoms with Gasteiger partial charge in [0, 0.05) is 33.7 Å². The Morgan fingerprint density at radius 2 is 1.88 bits per heavy atom. The van der Waals surface area contributed by atoms with Crippen molar-refractivity contribution in [1.29, 1.82) is 0 Å². The van der Waals surface area contributed by atoms with E-state index in [2.05, 4.69) is 15.9 Å². The number of hydrogen-bond donors (Lipinski definition) is 0. The molecule has 0 spiro atoms. The lowest BCUT2D eigenvalue weighted by molar-refractivity contribution is -0.136. The maximum atomic E-state index is 12.9. The van der Waals surface area contributed by atoms with Crippen LogP contribution in [-0.2, 0) is 16.2 Å².